The van der Waals surface area contributed by atoms with Gasteiger partial charge in [0.25, 0.3) is 0 Å². The highest BCUT2D eigenvalue weighted by atomic mass is 15.3. The molecule has 1 aliphatic heterocycles. The molecule has 17 heavy (non-hydrogen) atoms. The van der Waals surface area contributed by atoms with Crippen LogP contribution in [0.25, 0.3) is 0 Å². The third-order valence-electron chi connectivity index (χ3n) is 3.23. The Kier molecular flexibility index (Phi) is 3.55. The highest BCUT2D eigenvalue weighted by Crippen LogP contribution is 2.19. The fourth-order valence-corrected chi connectivity index (χ4v) is 2.39. The molecule has 0 amide bonds. The van der Waals surface area contributed by atoms with Crippen molar-refractivity contribution in [3.63, 3.8) is 0 Å². The molecule has 0 bridgehead atoms. The van der Waals surface area contributed by atoms with Crippen LogP contribution in [0.5, 0.6) is 0 Å². The Morgan fingerprint density at radius 3 is 2.59 bits per heavy atom. The Labute approximate surface area is 102 Å². The molecule has 2 atom stereocenters. The number of piperazine rings is 1. The average Bonchev–Trinajstić information content (AvgIpc) is 2.35. The van der Waals surface area contributed by atoms with Gasteiger partial charge >= 0.3 is 0 Å². The maximum absolute atomic E-state index is 8.81. The maximum Gasteiger partial charge on any atom is 0.147 e. The third-order valence-corrected chi connectivity index (χ3v) is 3.23. The van der Waals surface area contributed by atoms with Crippen LogP contribution in [0.4, 0.5) is 5.82 Å². The van der Waals surface area contributed by atoms with Crippen molar-refractivity contribution in [1.29, 1.82) is 5.26 Å². The molecular formula is C12H17N5. The summed E-state index contributed by atoms with van der Waals surface area (Å²) in [4.78, 5) is 12.9. The molecule has 2 unspecified atom stereocenters. The van der Waals surface area contributed by atoms with Crippen molar-refractivity contribution >= 4 is 5.82 Å². The Morgan fingerprint density at radius 1 is 1.35 bits per heavy atom. The number of aromatic nitrogens is 2. The molecule has 1 saturated heterocycles. The third kappa shape index (κ3) is 2.53. The van der Waals surface area contributed by atoms with Crippen LogP contribution in [-0.4, -0.2) is 46.6 Å². The normalized spacial score (nSPS) is 25.6. The molecule has 1 aliphatic rings. The molecule has 1 aromatic heterocycles. The Bertz CT molecular complexity index is 387. The van der Waals surface area contributed by atoms with Crippen molar-refractivity contribution in [3.05, 3.63) is 18.6 Å². The van der Waals surface area contributed by atoms with Gasteiger partial charge in [-0.25, -0.2) is 4.98 Å². The zero-order valence-electron chi connectivity index (χ0n) is 10.2. The van der Waals surface area contributed by atoms with Gasteiger partial charge in [0.05, 0.1) is 18.8 Å². The largest absolute Gasteiger partial charge is 0.352 e. The predicted octanol–water partition coefficient (Wildman–Crippen LogP) is 0.899. The Hall–Kier alpha value is -1.67. The molecular weight excluding hydrogens is 214 g/mol. The average molecular weight is 231 g/mol. The lowest BCUT2D eigenvalue weighted by Gasteiger charge is -2.43. The van der Waals surface area contributed by atoms with Gasteiger partial charge in [0.15, 0.2) is 0 Å². The molecule has 5 nitrogen and oxygen atoms in total. The summed E-state index contributed by atoms with van der Waals surface area (Å²) in [5, 5.41) is 8.81. The molecule has 0 aliphatic carbocycles. The zero-order valence-corrected chi connectivity index (χ0v) is 10.2. The molecule has 0 radical (unpaired) electrons. The van der Waals surface area contributed by atoms with E-state index in [4.69, 9.17) is 5.26 Å². The van der Waals surface area contributed by atoms with Gasteiger partial charge in [0.2, 0.25) is 0 Å². The van der Waals surface area contributed by atoms with Crippen LogP contribution in [0.3, 0.4) is 0 Å². The molecule has 0 aromatic carbocycles. The first-order valence-electron chi connectivity index (χ1n) is 5.86. The van der Waals surface area contributed by atoms with E-state index in [1.165, 1.54) is 0 Å². The molecule has 90 valence electrons. The fraction of sp³-hybridized carbons (Fsp3) is 0.583. The summed E-state index contributed by atoms with van der Waals surface area (Å²) in [6.45, 7) is 6.58. The summed E-state index contributed by atoms with van der Waals surface area (Å²) in [6.07, 6.45) is 5.19. The van der Waals surface area contributed by atoms with Gasteiger partial charge in [-0.2, -0.15) is 5.26 Å². The Balaban J connectivity index is 2.09. The second-order valence-corrected chi connectivity index (χ2v) is 4.50. The number of hydrogen-bond donors (Lipinski definition) is 0. The molecule has 2 heterocycles. The van der Waals surface area contributed by atoms with Crippen LogP contribution in [-0.2, 0) is 0 Å². The molecule has 5 heteroatoms. The molecule has 0 spiro atoms. The summed E-state index contributed by atoms with van der Waals surface area (Å²) in [5.74, 6) is 0.919. The minimum absolute atomic E-state index is 0.361. The van der Waals surface area contributed by atoms with Crippen molar-refractivity contribution < 1.29 is 0 Å². The molecule has 1 aromatic rings. The first-order chi connectivity index (χ1) is 8.22. The number of rotatable bonds is 2. The molecule has 1 fully saturated rings. The summed E-state index contributed by atoms with van der Waals surface area (Å²) >= 11 is 0. The molecule has 0 saturated carbocycles. The molecule has 0 N–H and O–H groups in total. The van der Waals surface area contributed by atoms with E-state index < -0.39 is 0 Å². The van der Waals surface area contributed by atoms with Crippen molar-refractivity contribution in [2.24, 2.45) is 0 Å². The lowest BCUT2D eigenvalue weighted by atomic mass is 10.1. The van der Waals surface area contributed by atoms with E-state index in [1.54, 1.807) is 18.6 Å². The van der Waals surface area contributed by atoms with E-state index in [0.29, 0.717) is 18.6 Å². The highest BCUT2D eigenvalue weighted by molar-refractivity contribution is 5.36. The van der Waals surface area contributed by atoms with Crippen molar-refractivity contribution in [2.75, 3.05) is 24.5 Å². The van der Waals surface area contributed by atoms with E-state index in [0.717, 1.165) is 18.9 Å². The number of nitriles is 1. The standard InChI is InChI=1S/C12H17N5/c1-10-8-16(12-7-14-4-5-15-12)9-11(2)17(10)6-3-13/h4-5,7,10-11H,6,8-9H2,1-2H3. The van der Waals surface area contributed by atoms with Gasteiger partial charge in [-0.3, -0.25) is 9.88 Å². The topological polar surface area (TPSA) is 56.1 Å². The first-order valence-corrected chi connectivity index (χ1v) is 5.86. The monoisotopic (exact) mass is 231 g/mol. The SMILES string of the molecule is CC1CN(c2cnccn2)CC(C)N1CC#N. The van der Waals surface area contributed by atoms with Gasteiger partial charge in [-0.05, 0) is 13.8 Å². The summed E-state index contributed by atoms with van der Waals surface area (Å²) in [6, 6.07) is 2.96. The van der Waals surface area contributed by atoms with Crippen molar-refractivity contribution in [2.45, 2.75) is 25.9 Å². The second-order valence-electron chi connectivity index (χ2n) is 4.50. The van der Waals surface area contributed by atoms with Crippen LogP contribution in [0.1, 0.15) is 13.8 Å². The minimum Gasteiger partial charge on any atom is -0.352 e. The van der Waals surface area contributed by atoms with Crippen molar-refractivity contribution in [1.82, 2.24) is 14.9 Å². The van der Waals surface area contributed by atoms with Crippen LogP contribution in [0.2, 0.25) is 0 Å². The zero-order chi connectivity index (χ0) is 12.3. The smallest absolute Gasteiger partial charge is 0.147 e. The number of hydrogen-bond acceptors (Lipinski definition) is 5. The van der Waals surface area contributed by atoms with E-state index >= 15 is 0 Å². The van der Waals surface area contributed by atoms with Gasteiger partial charge in [0, 0.05) is 37.6 Å². The second kappa shape index (κ2) is 5.11. The number of nitrogens with zero attached hydrogens (tertiary/aromatic N) is 5. The van der Waals surface area contributed by atoms with E-state index in [9.17, 15) is 0 Å². The van der Waals surface area contributed by atoms with Crippen LogP contribution in [0, 0.1) is 11.3 Å². The van der Waals surface area contributed by atoms with Crippen LogP contribution < -0.4 is 4.90 Å². The number of anilines is 1. The minimum atomic E-state index is 0.361. The van der Waals surface area contributed by atoms with Gasteiger partial charge < -0.3 is 4.90 Å². The summed E-state index contributed by atoms with van der Waals surface area (Å²) in [7, 11) is 0. The van der Waals surface area contributed by atoms with Gasteiger partial charge in [-0.1, -0.05) is 0 Å². The molecule has 2 rings (SSSR count). The summed E-state index contributed by atoms with van der Waals surface area (Å²) < 4.78 is 0. The van der Waals surface area contributed by atoms with Gasteiger partial charge in [0.1, 0.15) is 5.82 Å². The quantitative estimate of drug-likeness (QED) is 0.708. The highest BCUT2D eigenvalue weighted by Gasteiger charge is 2.29. The first kappa shape index (κ1) is 11.8. The summed E-state index contributed by atoms with van der Waals surface area (Å²) in [5.41, 5.74) is 0. The van der Waals surface area contributed by atoms with E-state index in [2.05, 4.69) is 39.7 Å². The fourth-order valence-electron chi connectivity index (χ4n) is 2.39. The predicted molar refractivity (Wildman–Crippen MR) is 65.5 cm³/mol. The van der Waals surface area contributed by atoms with E-state index in [1.807, 2.05) is 0 Å². The van der Waals surface area contributed by atoms with Crippen LogP contribution >= 0.6 is 0 Å². The lowest BCUT2D eigenvalue weighted by molar-refractivity contribution is 0.150. The lowest BCUT2D eigenvalue weighted by Crippen LogP contribution is -2.57. The van der Waals surface area contributed by atoms with Gasteiger partial charge in [-0.15, -0.1) is 0 Å². The van der Waals surface area contributed by atoms with E-state index in [-0.39, 0.29) is 0 Å². The van der Waals surface area contributed by atoms with Crippen LogP contribution in [0.15, 0.2) is 18.6 Å². The Morgan fingerprint density at radius 2 is 2.06 bits per heavy atom. The maximum atomic E-state index is 8.81. The van der Waals surface area contributed by atoms with Crippen molar-refractivity contribution in [3.8, 4) is 6.07 Å².